The Bertz CT molecular complexity index is 741. The molecule has 1 aromatic carbocycles. The van der Waals surface area contributed by atoms with Crippen LogP contribution in [0.5, 0.6) is 0 Å². The van der Waals surface area contributed by atoms with E-state index in [1.165, 1.54) is 6.26 Å². The highest BCUT2D eigenvalue weighted by atomic mass is 32.2. The molecule has 2 aliphatic heterocycles. The molecule has 0 N–H and O–H groups in total. The second-order valence-corrected chi connectivity index (χ2v) is 9.16. The van der Waals surface area contributed by atoms with E-state index in [0.717, 1.165) is 30.5 Å². The molecule has 0 radical (unpaired) electrons. The number of aryl methyl sites for hydroxylation is 1. The monoisotopic (exact) mass is 351 g/mol. The van der Waals surface area contributed by atoms with Gasteiger partial charge < -0.3 is 9.64 Å². The Morgan fingerprint density at radius 2 is 2.08 bits per heavy atom. The molecule has 0 aromatic heterocycles. The molecule has 0 unspecified atom stereocenters. The predicted octanol–water partition coefficient (Wildman–Crippen LogP) is 2.43. The van der Waals surface area contributed by atoms with Crippen molar-refractivity contribution in [2.24, 2.45) is 11.8 Å². The van der Waals surface area contributed by atoms with Crippen LogP contribution >= 0.6 is 0 Å². The molecular weight excluding hydrogens is 326 g/mol. The minimum atomic E-state index is -3.24. The molecule has 24 heavy (non-hydrogen) atoms. The third kappa shape index (κ3) is 3.22. The third-order valence-electron chi connectivity index (χ3n) is 5.10. The fourth-order valence-electron chi connectivity index (χ4n) is 3.73. The Labute approximate surface area is 143 Å². The van der Waals surface area contributed by atoms with Crippen LogP contribution in [0.1, 0.15) is 32.3 Å². The predicted molar refractivity (Wildman–Crippen MR) is 92.9 cm³/mol. The number of nitrogens with zero attached hydrogens (tertiary/aromatic N) is 1. The van der Waals surface area contributed by atoms with Gasteiger partial charge in [-0.3, -0.25) is 4.79 Å². The summed E-state index contributed by atoms with van der Waals surface area (Å²) in [6.45, 7) is 5.55. The van der Waals surface area contributed by atoms with E-state index in [2.05, 4.69) is 13.8 Å². The SMILES string of the molecule is CC(C)[C@H]1CCO[C@H]1C(=O)N1CCCc2cc(S(C)(=O)=O)ccc21. The van der Waals surface area contributed by atoms with Crippen LogP contribution in [0.3, 0.4) is 0 Å². The standard InChI is InChI=1S/C18H25NO4S/c1-12(2)15-8-10-23-17(15)18(20)19-9-4-5-13-11-14(24(3,21)22)6-7-16(13)19/h6-7,11-12,15,17H,4-5,8-10H2,1-3H3/t15-,17-/m1/s1. The summed E-state index contributed by atoms with van der Waals surface area (Å²) in [7, 11) is -3.24. The summed E-state index contributed by atoms with van der Waals surface area (Å²) >= 11 is 0. The van der Waals surface area contributed by atoms with Crippen molar-refractivity contribution in [2.45, 2.75) is 44.1 Å². The summed E-state index contributed by atoms with van der Waals surface area (Å²) in [5.74, 6) is 0.663. The third-order valence-corrected chi connectivity index (χ3v) is 6.21. The fourth-order valence-corrected chi connectivity index (χ4v) is 4.40. The summed E-state index contributed by atoms with van der Waals surface area (Å²) in [6.07, 6.45) is 3.37. The summed E-state index contributed by atoms with van der Waals surface area (Å²) in [5, 5.41) is 0. The number of carbonyl (C=O) groups is 1. The van der Waals surface area contributed by atoms with E-state index in [-0.39, 0.29) is 17.9 Å². The smallest absolute Gasteiger partial charge is 0.256 e. The number of amides is 1. The number of ether oxygens (including phenoxy) is 1. The number of rotatable bonds is 3. The van der Waals surface area contributed by atoms with Crippen LogP contribution in [-0.2, 0) is 25.8 Å². The molecule has 1 amide bonds. The number of fused-ring (bicyclic) bond motifs is 1. The van der Waals surface area contributed by atoms with Crippen LogP contribution in [0, 0.1) is 11.8 Å². The fraction of sp³-hybridized carbons (Fsp3) is 0.611. The van der Waals surface area contributed by atoms with E-state index in [0.29, 0.717) is 24.0 Å². The summed E-state index contributed by atoms with van der Waals surface area (Å²) < 4.78 is 29.3. The molecule has 0 spiro atoms. The lowest BCUT2D eigenvalue weighted by Gasteiger charge is -2.33. The largest absolute Gasteiger partial charge is 0.368 e. The van der Waals surface area contributed by atoms with Gasteiger partial charge in [-0.2, -0.15) is 0 Å². The van der Waals surface area contributed by atoms with Gasteiger partial charge in [0.2, 0.25) is 0 Å². The van der Waals surface area contributed by atoms with Gasteiger partial charge in [0.05, 0.1) is 4.90 Å². The Morgan fingerprint density at radius 1 is 1.33 bits per heavy atom. The zero-order valence-electron chi connectivity index (χ0n) is 14.5. The molecule has 1 fully saturated rings. The van der Waals surface area contributed by atoms with Crippen molar-refractivity contribution in [2.75, 3.05) is 24.3 Å². The Hall–Kier alpha value is -1.40. The van der Waals surface area contributed by atoms with E-state index in [9.17, 15) is 13.2 Å². The van der Waals surface area contributed by atoms with Crippen molar-refractivity contribution in [3.05, 3.63) is 23.8 Å². The molecule has 2 heterocycles. The van der Waals surface area contributed by atoms with Gasteiger partial charge in [-0.15, -0.1) is 0 Å². The van der Waals surface area contributed by atoms with Crippen molar-refractivity contribution >= 4 is 21.4 Å². The molecule has 132 valence electrons. The summed E-state index contributed by atoms with van der Waals surface area (Å²) in [6, 6.07) is 5.07. The van der Waals surface area contributed by atoms with E-state index in [1.807, 2.05) is 0 Å². The minimum Gasteiger partial charge on any atom is -0.368 e. The first kappa shape index (κ1) is 17.4. The van der Waals surface area contributed by atoms with E-state index >= 15 is 0 Å². The second-order valence-electron chi connectivity index (χ2n) is 7.14. The maximum Gasteiger partial charge on any atom is 0.256 e. The number of hydrogen-bond acceptors (Lipinski definition) is 4. The van der Waals surface area contributed by atoms with E-state index < -0.39 is 9.84 Å². The lowest BCUT2D eigenvalue weighted by Crippen LogP contribution is -2.45. The van der Waals surface area contributed by atoms with Crippen LogP contribution in [0.15, 0.2) is 23.1 Å². The number of carbonyl (C=O) groups excluding carboxylic acids is 1. The van der Waals surface area contributed by atoms with E-state index in [4.69, 9.17) is 4.74 Å². The Balaban J connectivity index is 1.91. The topological polar surface area (TPSA) is 63.7 Å². The average molecular weight is 351 g/mol. The molecule has 6 heteroatoms. The van der Waals surface area contributed by atoms with Crippen molar-refractivity contribution in [1.29, 1.82) is 0 Å². The molecule has 1 aromatic rings. The highest BCUT2D eigenvalue weighted by molar-refractivity contribution is 7.90. The molecule has 2 atom stereocenters. The van der Waals surface area contributed by atoms with Gasteiger partial charge in [0, 0.05) is 25.1 Å². The van der Waals surface area contributed by atoms with Crippen molar-refractivity contribution in [3.8, 4) is 0 Å². The highest BCUT2D eigenvalue weighted by Crippen LogP contribution is 2.34. The van der Waals surface area contributed by atoms with Gasteiger partial charge >= 0.3 is 0 Å². The molecule has 0 aliphatic carbocycles. The van der Waals surface area contributed by atoms with Gasteiger partial charge in [0.1, 0.15) is 6.10 Å². The Morgan fingerprint density at radius 3 is 2.75 bits per heavy atom. The zero-order chi connectivity index (χ0) is 17.5. The lowest BCUT2D eigenvalue weighted by atomic mass is 9.88. The minimum absolute atomic E-state index is 0.0132. The van der Waals surface area contributed by atoms with Gasteiger partial charge in [0.15, 0.2) is 9.84 Å². The molecule has 5 nitrogen and oxygen atoms in total. The summed E-state index contributed by atoms with van der Waals surface area (Å²) in [5.41, 5.74) is 1.76. The molecule has 0 saturated carbocycles. The van der Waals surface area contributed by atoms with Crippen LogP contribution in [0.25, 0.3) is 0 Å². The lowest BCUT2D eigenvalue weighted by molar-refractivity contribution is -0.129. The van der Waals surface area contributed by atoms with Gasteiger partial charge in [-0.1, -0.05) is 13.8 Å². The van der Waals surface area contributed by atoms with Crippen LogP contribution in [0.4, 0.5) is 5.69 Å². The van der Waals surface area contributed by atoms with Gasteiger partial charge in [-0.25, -0.2) is 8.42 Å². The first-order chi connectivity index (χ1) is 11.3. The first-order valence-corrected chi connectivity index (χ1v) is 10.4. The molecule has 1 saturated heterocycles. The van der Waals surface area contributed by atoms with E-state index in [1.54, 1.807) is 23.1 Å². The van der Waals surface area contributed by atoms with Crippen LogP contribution < -0.4 is 4.90 Å². The first-order valence-electron chi connectivity index (χ1n) is 8.55. The number of benzene rings is 1. The number of sulfone groups is 1. The Kier molecular flexibility index (Phi) is 4.71. The average Bonchev–Trinajstić information content (AvgIpc) is 3.02. The quantitative estimate of drug-likeness (QED) is 0.839. The van der Waals surface area contributed by atoms with Crippen molar-refractivity contribution < 1.29 is 17.9 Å². The zero-order valence-corrected chi connectivity index (χ0v) is 15.3. The molecular formula is C18H25NO4S. The molecule has 0 bridgehead atoms. The van der Waals surface area contributed by atoms with Crippen LogP contribution in [0.2, 0.25) is 0 Å². The van der Waals surface area contributed by atoms with Crippen molar-refractivity contribution in [3.63, 3.8) is 0 Å². The van der Waals surface area contributed by atoms with Gasteiger partial charge in [0.25, 0.3) is 5.91 Å². The number of anilines is 1. The van der Waals surface area contributed by atoms with Gasteiger partial charge in [-0.05, 0) is 54.9 Å². The maximum atomic E-state index is 13.0. The number of hydrogen-bond donors (Lipinski definition) is 0. The molecule has 2 aliphatic rings. The second kappa shape index (κ2) is 6.48. The maximum absolute atomic E-state index is 13.0. The summed E-state index contributed by atoms with van der Waals surface area (Å²) in [4.78, 5) is 15.1. The normalized spacial score (nSPS) is 24.2. The highest BCUT2D eigenvalue weighted by Gasteiger charge is 2.39. The van der Waals surface area contributed by atoms with Crippen molar-refractivity contribution in [1.82, 2.24) is 0 Å². The van der Waals surface area contributed by atoms with Crippen LogP contribution in [-0.4, -0.2) is 39.8 Å². The molecule has 3 rings (SSSR count).